The van der Waals surface area contributed by atoms with E-state index in [0.29, 0.717) is 25.2 Å². The van der Waals surface area contributed by atoms with Crippen molar-refractivity contribution in [1.82, 2.24) is 5.32 Å². The standard InChI is InChI=1S/C13H18N4O5/c14-5-1-6-15-10-3-2-9(8-11(10)17(21)22)13(20)16-7-4-12(18)19/h2-3,8,15H,1,4-7,14H2,(H,16,20)(H,18,19). The number of benzene rings is 1. The first-order chi connectivity index (χ1) is 10.5. The molecule has 0 fully saturated rings. The van der Waals surface area contributed by atoms with Crippen LogP contribution in [0.25, 0.3) is 0 Å². The Kier molecular flexibility index (Phi) is 6.77. The van der Waals surface area contributed by atoms with Crippen molar-refractivity contribution in [3.05, 3.63) is 33.9 Å². The smallest absolute Gasteiger partial charge is 0.305 e. The Balaban J connectivity index is 2.80. The number of carbonyl (C=O) groups is 2. The molecule has 0 aliphatic rings. The zero-order valence-corrected chi connectivity index (χ0v) is 11.9. The summed E-state index contributed by atoms with van der Waals surface area (Å²) in [4.78, 5) is 32.7. The van der Waals surface area contributed by atoms with Crippen LogP contribution in [0.3, 0.4) is 0 Å². The Bertz CT molecular complexity index is 561. The van der Waals surface area contributed by atoms with Crippen LogP contribution in [-0.2, 0) is 4.79 Å². The Morgan fingerprint density at radius 3 is 2.64 bits per heavy atom. The maximum atomic E-state index is 11.8. The van der Waals surface area contributed by atoms with Crippen LogP contribution in [0.15, 0.2) is 18.2 Å². The number of hydrogen-bond acceptors (Lipinski definition) is 6. The minimum atomic E-state index is -1.04. The summed E-state index contributed by atoms with van der Waals surface area (Å²) in [5.74, 6) is -1.59. The molecule has 0 spiro atoms. The Morgan fingerprint density at radius 1 is 1.32 bits per heavy atom. The van der Waals surface area contributed by atoms with Crippen molar-refractivity contribution in [3.8, 4) is 0 Å². The highest BCUT2D eigenvalue weighted by molar-refractivity contribution is 5.95. The number of rotatable bonds is 9. The van der Waals surface area contributed by atoms with Crippen molar-refractivity contribution < 1.29 is 19.6 Å². The second-order valence-electron chi connectivity index (χ2n) is 4.46. The summed E-state index contributed by atoms with van der Waals surface area (Å²) in [6.45, 7) is 0.908. The van der Waals surface area contributed by atoms with Crippen molar-refractivity contribution in [2.24, 2.45) is 5.73 Å². The lowest BCUT2D eigenvalue weighted by Gasteiger charge is -2.08. The first kappa shape index (κ1) is 17.4. The van der Waals surface area contributed by atoms with Gasteiger partial charge in [-0.05, 0) is 25.1 Å². The molecule has 1 aromatic carbocycles. The van der Waals surface area contributed by atoms with E-state index < -0.39 is 16.8 Å². The monoisotopic (exact) mass is 310 g/mol. The summed E-state index contributed by atoms with van der Waals surface area (Å²) in [6, 6.07) is 4.04. The van der Waals surface area contributed by atoms with Gasteiger partial charge in [0.25, 0.3) is 11.6 Å². The molecule has 0 radical (unpaired) electrons. The van der Waals surface area contributed by atoms with E-state index in [2.05, 4.69) is 10.6 Å². The lowest BCUT2D eigenvalue weighted by Crippen LogP contribution is -2.26. The fraction of sp³-hybridized carbons (Fsp3) is 0.385. The molecular weight excluding hydrogens is 292 g/mol. The van der Waals surface area contributed by atoms with E-state index in [0.717, 1.165) is 6.07 Å². The molecule has 9 nitrogen and oxygen atoms in total. The van der Waals surface area contributed by atoms with Gasteiger partial charge in [0.05, 0.1) is 11.3 Å². The summed E-state index contributed by atoms with van der Waals surface area (Å²) in [6.07, 6.45) is 0.446. The summed E-state index contributed by atoms with van der Waals surface area (Å²) in [7, 11) is 0. The van der Waals surface area contributed by atoms with Crippen molar-refractivity contribution in [3.63, 3.8) is 0 Å². The van der Waals surface area contributed by atoms with E-state index in [-0.39, 0.29) is 24.2 Å². The summed E-state index contributed by atoms with van der Waals surface area (Å²) in [5, 5.41) is 24.8. The topological polar surface area (TPSA) is 148 Å². The van der Waals surface area contributed by atoms with E-state index in [1.807, 2.05) is 0 Å². The predicted molar refractivity (Wildman–Crippen MR) is 79.8 cm³/mol. The van der Waals surface area contributed by atoms with Gasteiger partial charge in [0.15, 0.2) is 0 Å². The summed E-state index contributed by atoms with van der Waals surface area (Å²) >= 11 is 0. The summed E-state index contributed by atoms with van der Waals surface area (Å²) < 4.78 is 0. The van der Waals surface area contributed by atoms with Crippen LogP contribution in [0, 0.1) is 10.1 Å². The molecule has 22 heavy (non-hydrogen) atoms. The number of nitrogens with one attached hydrogen (secondary N) is 2. The van der Waals surface area contributed by atoms with Gasteiger partial charge in [0.1, 0.15) is 5.69 Å². The molecule has 0 bridgehead atoms. The number of carboxylic acid groups (broad SMARTS) is 1. The molecular formula is C13H18N4O5. The molecule has 0 saturated carbocycles. The first-order valence-electron chi connectivity index (χ1n) is 6.68. The van der Waals surface area contributed by atoms with Crippen molar-refractivity contribution in [2.45, 2.75) is 12.8 Å². The predicted octanol–water partition coefficient (Wildman–Crippen LogP) is 0.560. The maximum Gasteiger partial charge on any atom is 0.305 e. The van der Waals surface area contributed by atoms with Crippen LogP contribution in [0.2, 0.25) is 0 Å². The van der Waals surface area contributed by atoms with Gasteiger partial charge < -0.3 is 21.5 Å². The molecule has 0 unspecified atom stereocenters. The van der Waals surface area contributed by atoms with Crippen LogP contribution in [0.1, 0.15) is 23.2 Å². The van der Waals surface area contributed by atoms with Crippen LogP contribution < -0.4 is 16.4 Å². The number of nitrogens with zero attached hydrogens (tertiary/aromatic N) is 1. The number of aliphatic carboxylic acids is 1. The van der Waals surface area contributed by atoms with Gasteiger partial charge >= 0.3 is 5.97 Å². The highest BCUT2D eigenvalue weighted by Crippen LogP contribution is 2.25. The average molecular weight is 310 g/mol. The van der Waals surface area contributed by atoms with Gasteiger partial charge in [-0.1, -0.05) is 0 Å². The number of amides is 1. The highest BCUT2D eigenvalue weighted by Gasteiger charge is 2.17. The number of nitro benzene ring substituents is 1. The van der Waals surface area contributed by atoms with Gasteiger partial charge in [-0.15, -0.1) is 0 Å². The van der Waals surface area contributed by atoms with Crippen LogP contribution >= 0.6 is 0 Å². The number of nitro groups is 1. The number of carbonyl (C=O) groups excluding carboxylic acids is 1. The number of nitrogens with two attached hydrogens (primary N) is 1. The second kappa shape index (κ2) is 8.57. The minimum Gasteiger partial charge on any atom is -0.481 e. The fourth-order valence-corrected chi connectivity index (χ4v) is 1.68. The molecule has 0 aliphatic heterocycles. The van der Waals surface area contributed by atoms with Gasteiger partial charge in [0.2, 0.25) is 0 Å². The molecule has 1 rings (SSSR count). The largest absolute Gasteiger partial charge is 0.481 e. The van der Waals surface area contributed by atoms with Crippen molar-refractivity contribution in [2.75, 3.05) is 25.0 Å². The van der Waals surface area contributed by atoms with Gasteiger partial charge in [-0.3, -0.25) is 19.7 Å². The van der Waals surface area contributed by atoms with Gasteiger partial charge in [-0.2, -0.15) is 0 Å². The van der Waals surface area contributed by atoms with Crippen LogP contribution in [0.4, 0.5) is 11.4 Å². The molecule has 0 atom stereocenters. The number of carboxylic acids is 1. The first-order valence-corrected chi connectivity index (χ1v) is 6.68. The van der Waals surface area contributed by atoms with Gasteiger partial charge in [0, 0.05) is 24.7 Å². The molecule has 0 aromatic heterocycles. The second-order valence-corrected chi connectivity index (χ2v) is 4.46. The van der Waals surface area contributed by atoms with Gasteiger partial charge in [-0.25, -0.2) is 0 Å². The molecule has 9 heteroatoms. The van der Waals surface area contributed by atoms with E-state index >= 15 is 0 Å². The van der Waals surface area contributed by atoms with E-state index in [9.17, 15) is 19.7 Å². The molecule has 5 N–H and O–H groups in total. The minimum absolute atomic E-state index is 0.0432. The molecule has 0 heterocycles. The SMILES string of the molecule is NCCCNc1ccc(C(=O)NCCC(=O)O)cc1[N+](=O)[O-]. The zero-order chi connectivity index (χ0) is 16.5. The average Bonchev–Trinajstić information content (AvgIpc) is 2.47. The number of hydrogen-bond donors (Lipinski definition) is 4. The highest BCUT2D eigenvalue weighted by atomic mass is 16.6. The quantitative estimate of drug-likeness (QED) is 0.296. The normalized spacial score (nSPS) is 10.0. The lowest BCUT2D eigenvalue weighted by atomic mass is 10.1. The molecule has 0 aliphatic carbocycles. The van der Waals surface area contributed by atoms with Crippen LogP contribution in [-0.4, -0.2) is 41.5 Å². The summed E-state index contributed by atoms with van der Waals surface area (Å²) in [5.41, 5.74) is 5.54. The third kappa shape index (κ3) is 5.37. The molecule has 0 saturated heterocycles. The van der Waals surface area contributed by atoms with Crippen molar-refractivity contribution in [1.29, 1.82) is 0 Å². The molecule has 1 aromatic rings. The van der Waals surface area contributed by atoms with Crippen LogP contribution in [0.5, 0.6) is 0 Å². The maximum absolute atomic E-state index is 11.8. The lowest BCUT2D eigenvalue weighted by molar-refractivity contribution is -0.384. The molecule has 1 amide bonds. The Hall–Kier alpha value is -2.68. The third-order valence-electron chi connectivity index (χ3n) is 2.78. The third-order valence-corrected chi connectivity index (χ3v) is 2.78. The fourth-order valence-electron chi connectivity index (χ4n) is 1.68. The van der Waals surface area contributed by atoms with E-state index in [1.54, 1.807) is 0 Å². The number of anilines is 1. The Morgan fingerprint density at radius 2 is 2.05 bits per heavy atom. The van der Waals surface area contributed by atoms with E-state index in [4.69, 9.17) is 10.8 Å². The van der Waals surface area contributed by atoms with E-state index in [1.165, 1.54) is 12.1 Å². The molecule has 120 valence electrons. The van der Waals surface area contributed by atoms with Crippen molar-refractivity contribution >= 4 is 23.3 Å². The Labute approximate surface area is 126 Å². The zero-order valence-electron chi connectivity index (χ0n) is 11.9.